The van der Waals surface area contributed by atoms with Crippen LogP contribution in [0.25, 0.3) is 0 Å². The summed E-state index contributed by atoms with van der Waals surface area (Å²) >= 11 is 0. The Morgan fingerprint density at radius 3 is 2.68 bits per heavy atom. The summed E-state index contributed by atoms with van der Waals surface area (Å²) in [4.78, 5) is 11.7. The fourth-order valence-electron chi connectivity index (χ4n) is 1.68. The van der Waals surface area contributed by atoms with E-state index in [2.05, 4.69) is 24.5 Å². The molecule has 0 aliphatic rings. The van der Waals surface area contributed by atoms with Crippen LogP contribution >= 0.6 is 12.4 Å². The predicted octanol–water partition coefficient (Wildman–Crippen LogP) is 2.00. The zero-order valence-electron chi connectivity index (χ0n) is 13.6. The van der Waals surface area contributed by atoms with Crippen molar-refractivity contribution in [2.75, 3.05) is 33.4 Å². The van der Waals surface area contributed by atoms with Gasteiger partial charge >= 0.3 is 0 Å². The van der Waals surface area contributed by atoms with Gasteiger partial charge in [-0.2, -0.15) is 0 Å². The van der Waals surface area contributed by atoms with Crippen LogP contribution < -0.4 is 15.4 Å². The number of amides is 1. The Labute approximate surface area is 139 Å². The van der Waals surface area contributed by atoms with Crippen LogP contribution in [-0.4, -0.2) is 39.3 Å². The maximum Gasteiger partial charge on any atom is 0.234 e. The fraction of sp³-hybridized carbons (Fsp3) is 0.562. The first kappa shape index (κ1) is 20.7. The number of carbonyl (C=O) groups is 1. The predicted molar refractivity (Wildman–Crippen MR) is 90.6 cm³/mol. The molecule has 0 saturated carbocycles. The summed E-state index contributed by atoms with van der Waals surface area (Å²) in [5.74, 6) is 1.27. The largest absolute Gasteiger partial charge is 0.493 e. The molecule has 22 heavy (non-hydrogen) atoms. The molecule has 0 bridgehead atoms. The van der Waals surface area contributed by atoms with Crippen molar-refractivity contribution in [3.05, 3.63) is 29.8 Å². The normalized spacial score (nSPS) is 10.2. The van der Waals surface area contributed by atoms with Gasteiger partial charge < -0.3 is 20.1 Å². The van der Waals surface area contributed by atoms with Gasteiger partial charge in [-0.25, -0.2) is 0 Å². The van der Waals surface area contributed by atoms with E-state index < -0.39 is 0 Å². The van der Waals surface area contributed by atoms with Gasteiger partial charge in [0.1, 0.15) is 5.75 Å². The summed E-state index contributed by atoms with van der Waals surface area (Å²) < 4.78 is 10.7. The van der Waals surface area contributed by atoms with Gasteiger partial charge in [0, 0.05) is 25.8 Å². The molecule has 0 aliphatic heterocycles. The van der Waals surface area contributed by atoms with Gasteiger partial charge in [-0.1, -0.05) is 32.0 Å². The van der Waals surface area contributed by atoms with Gasteiger partial charge in [-0.05, 0) is 12.0 Å². The molecule has 2 N–H and O–H groups in total. The Morgan fingerprint density at radius 2 is 2.00 bits per heavy atom. The lowest BCUT2D eigenvalue weighted by Gasteiger charge is -2.13. The van der Waals surface area contributed by atoms with Crippen LogP contribution in [0.15, 0.2) is 24.3 Å². The van der Waals surface area contributed by atoms with Gasteiger partial charge in [0.05, 0.1) is 19.8 Å². The topological polar surface area (TPSA) is 59.6 Å². The second-order valence-electron chi connectivity index (χ2n) is 5.26. The van der Waals surface area contributed by atoms with E-state index in [0.717, 1.165) is 11.3 Å². The number of para-hydroxylation sites is 1. The zero-order chi connectivity index (χ0) is 15.5. The third kappa shape index (κ3) is 8.87. The minimum atomic E-state index is -0.0373. The Kier molecular flexibility index (Phi) is 11.5. The van der Waals surface area contributed by atoms with Crippen molar-refractivity contribution in [3.63, 3.8) is 0 Å². The van der Waals surface area contributed by atoms with Crippen LogP contribution in [0.1, 0.15) is 19.4 Å². The Hall–Kier alpha value is -1.30. The van der Waals surface area contributed by atoms with Crippen molar-refractivity contribution < 1.29 is 14.3 Å². The van der Waals surface area contributed by atoms with Gasteiger partial charge in [-0.15, -0.1) is 12.4 Å². The Bertz CT molecular complexity index is 428. The van der Waals surface area contributed by atoms with Crippen LogP contribution in [-0.2, 0) is 16.1 Å². The number of benzene rings is 1. The lowest BCUT2D eigenvalue weighted by atomic mass is 10.2. The molecule has 0 aromatic heterocycles. The van der Waals surface area contributed by atoms with Crippen molar-refractivity contribution >= 4 is 18.3 Å². The number of carbonyl (C=O) groups excluding carboxylic acids is 1. The molecule has 126 valence electrons. The van der Waals surface area contributed by atoms with E-state index in [1.54, 1.807) is 7.11 Å². The zero-order valence-corrected chi connectivity index (χ0v) is 14.4. The molecule has 0 saturated heterocycles. The first-order valence-electron chi connectivity index (χ1n) is 7.30. The van der Waals surface area contributed by atoms with E-state index in [4.69, 9.17) is 9.47 Å². The number of rotatable bonds is 10. The van der Waals surface area contributed by atoms with Gasteiger partial charge in [-0.3, -0.25) is 4.79 Å². The highest BCUT2D eigenvalue weighted by molar-refractivity contribution is 5.85. The number of methoxy groups -OCH3 is 1. The fourth-order valence-corrected chi connectivity index (χ4v) is 1.68. The number of hydrogen-bond acceptors (Lipinski definition) is 4. The molecule has 1 aromatic rings. The van der Waals surface area contributed by atoms with E-state index in [1.807, 2.05) is 24.3 Å². The van der Waals surface area contributed by atoms with Gasteiger partial charge in [0.25, 0.3) is 0 Å². The lowest BCUT2D eigenvalue weighted by molar-refractivity contribution is -0.120. The maximum absolute atomic E-state index is 11.7. The molecule has 0 heterocycles. The second kappa shape index (κ2) is 12.3. The van der Waals surface area contributed by atoms with Gasteiger partial charge in [0.2, 0.25) is 5.91 Å². The number of nitrogens with one attached hydrogen (secondary N) is 2. The molecule has 6 heteroatoms. The van der Waals surface area contributed by atoms with E-state index in [0.29, 0.717) is 38.8 Å². The molecule has 0 fully saturated rings. The third-order valence-corrected chi connectivity index (χ3v) is 2.79. The standard InChI is InChI=1S/C16H26N2O3.ClH/c1-13(2)12-21-15-7-5-4-6-14(15)10-18-16(19)11-17-8-9-20-3;/h4-7,13,17H,8-12H2,1-3H3,(H,18,19);1H. The molecular formula is C16H27ClN2O3. The summed E-state index contributed by atoms with van der Waals surface area (Å²) in [5, 5.41) is 5.89. The molecule has 0 aliphatic carbocycles. The Balaban J connectivity index is 0.00000441. The summed E-state index contributed by atoms with van der Waals surface area (Å²) in [6.45, 7) is 6.91. The highest BCUT2D eigenvalue weighted by Gasteiger charge is 2.06. The number of halogens is 1. The highest BCUT2D eigenvalue weighted by Crippen LogP contribution is 2.18. The number of ether oxygens (including phenoxy) is 2. The van der Waals surface area contributed by atoms with E-state index in [9.17, 15) is 4.79 Å². The van der Waals surface area contributed by atoms with Crippen molar-refractivity contribution in [1.82, 2.24) is 10.6 Å². The lowest BCUT2D eigenvalue weighted by Crippen LogP contribution is -2.34. The van der Waals surface area contributed by atoms with Crippen molar-refractivity contribution in [1.29, 1.82) is 0 Å². The molecule has 0 unspecified atom stereocenters. The van der Waals surface area contributed by atoms with Gasteiger partial charge in [0.15, 0.2) is 0 Å². The summed E-state index contributed by atoms with van der Waals surface area (Å²) in [6, 6.07) is 7.78. The number of hydrogen-bond donors (Lipinski definition) is 2. The molecule has 0 radical (unpaired) electrons. The molecule has 1 amide bonds. The van der Waals surface area contributed by atoms with E-state index in [-0.39, 0.29) is 18.3 Å². The molecule has 0 spiro atoms. The van der Waals surface area contributed by atoms with E-state index in [1.165, 1.54) is 0 Å². The highest BCUT2D eigenvalue weighted by atomic mass is 35.5. The monoisotopic (exact) mass is 330 g/mol. The first-order valence-corrected chi connectivity index (χ1v) is 7.30. The molecule has 5 nitrogen and oxygen atoms in total. The minimum Gasteiger partial charge on any atom is -0.493 e. The third-order valence-electron chi connectivity index (χ3n) is 2.79. The van der Waals surface area contributed by atoms with Crippen LogP contribution in [0.3, 0.4) is 0 Å². The SMILES string of the molecule is COCCNCC(=O)NCc1ccccc1OCC(C)C.Cl. The van der Waals surface area contributed by atoms with Crippen molar-refractivity contribution in [3.8, 4) is 5.75 Å². The minimum absolute atomic E-state index is 0. The average Bonchev–Trinajstić information content (AvgIpc) is 2.48. The quantitative estimate of drug-likeness (QED) is 0.644. The van der Waals surface area contributed by atoms with Crippen LogP contribution in [0.4, 0.5) is 0 Å². The summed E-state index contributed by atoms with van der Waals surface area (Å²) in [7, 11) is 1.63. The van der Waals surface area contributed by atoms with Crippen LogP contribution in [0, 0.1) is 5.92 Å². The van der Waals surface area contributed by atoms with Crippen LogP contribution in [0.2, 0.25) is 0 Å². The van der Waals surface area contributed by atoms with Crippen LogP contribution in [0.5, 0.6) is 5.75 Å². The molecule has 1 rings (SSSR count). The Morgan fingerprint density at radius 1 is 1.27 bits per heavy atom. The first-order chi connectivity index (χ1) is 10.1. The molecule has 1 aromatic carbocycles. The van der Waals surface area contributed by atoms with Crippen molar-refractivity contribution in [2.45, 2.75) is 20.4 Å². The summed E-state index contributed by atoms with van der Waals surface area (Å²) in [6.07, 6.45) is 0. The van der Waals surface area contributed by atoms with E-state index >= 15 is 0 Å². The molecule has 0 atom stereocenters. The molecular weight excluding hydrogens is 304 g/mol. The smallest absolute Gasteiger partial charge is 0.234 e. The average molecular weight is 331 g/mol. The second-order valence-corrected chi connectivity index (χ2v) is 5.26. The summed E-state index contributed by atoms with van der Waals surface area (Å²) in [5.41, 5.74) is 0.989. The van der Waals surface area contributed by atoms with Crippen molar-refractivity contribution in [2.24, 2.45) is 5.92 Å². The maximum atomic E-state index is 11.7.